The molecule has 0 aliphatic carbocycles. The first-order valence-corrected chi connectivity index (χ1v) is 13.9. The number of nitrogens with zero attached hydrogens (tertiary/aromatic N) is 3. The van der Waals surface area contributed by atoms with Gasteiger partial charge in [-0.2, -0.15) is 5.26 Å². The average Bonchev–Trinajstić information content (AvgIpc) is 3.08. The third-order valence-electron chi connectivity index (χ3n) is 7.55. The summed E-state index contributed by atoms with van der Waals surface area (Å²) in [7, 11) is 0. The van der Waals surface area contributed by atoms with Gasteiger partial charge in [0.2, 0.25) is 0 Å². The second kappa shape index (κ2) is 11.0. The lowest BCUT2D eigenvalue weighted by atomic mass is 9.91. The predicted octanol–water partition coefficient (Wildman–Crippen LogP) is 9.84. The Labute approximate surface area is 245 Å². The SMILES string of the molecule is N#Cc1ccc(-c2ccc(-c3cccc(-c4nc(-c5ccccc5)cc(-c5ccccc5)n4)c3)c3ccccc23)cc1. The maximum absolute atomic E-state index is 9.23. The molecule has 6 aromatic carbocycles. The van der Waals surface area contributed by atoms with Crippen molar-refractivity contribution in [3.63, 3.8) is 0 Å². The van der Waals surface area contributed by atoms with Gasteiger partial charge >= 0.3 is 0 Å². The number of fused-ring (bicyclic) bond motifs is 1. The summed E-state index contributed by atoms with van der Waals surface area (Å²) in [5.74, 6) is 0.690. The molecule has 0 saturated carbocycles. The van der Waals surface area contributed by atoms with Gasteiger partial charge in [0.15, 0.2) is 5.82 Å². The van der Waals surface area contributed by atoms with E-state index < -0.39 is 0 Å². The Hall–Kier alpha value is -5.85. The molecule has 1 aromatic heterocycles. The van der Waals surface area contributed by atoms with E-state index in [2.05, 4.69) is 97.1 Å². The van der Waals surface area contributed by atoms with Crippen LogP contribution in [0.4, 0.5) is 0 Å². The van der Waals surface area contributed by atoms with E-state index in [9.17, 15) is 5.26 Å². The van der Waals surface area contributed by atoms with Crippen molar-refractivity contribution in [1.29, 1.82) is 5.26 Å². The number of benzene rings is 6. The van der Waals surface area contributed by atoms with Crippen LogP contribution in [-0.2, 0) is 0 Å². The maximum atomic E-state index is 9.23. The largest absolute Gasteiger partial charge is 0.228 e. The molecule has 0 fully saturated rings. The van der Waals surface area contributed by atoms with Crippen LogP contribution in [0.1, 0.15) is 5.56 Å². The average molecular weight is 536 g/mol. The third-order valence-corrected chi connectivity index (χ3v) is 7.55. The predicted molar refractivity (Wildman–Crippen MR) is 171 cm³/mol. The first-order chi connectivity index (χ1) is 20.8. The Morgan fingerprint density at radius 1 is 0.405 bits per heavy atom. The number of rotatable bonds is 5. The summed E-state index contributed by atoms with van der Waals surface area (Å²) in [5.41, 5.74) is 9.99. The highest BCUT2D eigenvalue weighted by Gasteiger charge is 2.13. The lowest BCUT2D eigenvalue weighted by Gasteiger charge is -2.14. The van der Waals surface area contributed by atoms with Crippen molar-refractivity contribution in [1.82, 2.24) is 9.97 Å². The minimum atomic E-state index is 0.658. The zero-order valence-electron chi connectivity index (χ0n) is 22.8. The Morgan fingerprint density at radius 2 is 0.905 bits per heavy atom. The van der Waals surface area contributed by atoms with Gasteiger partial charge in [-0.05, 0) is 57.3 Å². The van der Waals surface area contributed by atoms with Crippen molar-refractivity contribution in [2.75, 3.05) is 0 Å². The Morgan fingerprint density at radius 3 is 1.48 bits per heavy atom. The van der Waals surface area contributed by atoms with Gasteiger partial charge in [0.1, 0.15) is 0 Å². The molecule has 196 valence electrons. The molecule has 0 unspecified atom stereocenters. The normalized spacial score (nSPS) is 10.8. The van der Waals surface area contributed by atoms with E-state index in [1.54, 1.807) is 0 Å². The minimum absolute atomic E-state index is 0.658. The van der Waals surface area contributed by atoms with Gasteiger partial charge in [0.05, 0.1) is 23.0 Å². The molecular formula is C39H25N3. The summed E-state index contributed by atoms with van der Waals surface area (Å²) < 4.78 is 0. The highest BCUT2D eigenvalue weighted by atomic mass is 14.9. The molecule has 0 bridgehead atoms. The Kier molecular flexibility index (Phi) is 6.56. The molecule has 3 heteroatoms. The van der Waals surface area contributed by atoms with Gasteiger partial charge in [0.25, 0.3) is 0 Å². The number of hydrogen-bond acceptors (Lipinski definition) is 3. The van der Waals surface area contributed by atoms with Crippen LogP contribution < -0.4 is 0 Å². The van der Waals surface area contributed by atoms with Crippen molar-refractivity contribution in [2.24, 2.45) is 0 Å². The second-order valence-electron chi connectivity index (χ2n) is 10.2. The van der Waals surface area contributed by atoms with Crippen molar-refractivity contribution >= 4 is 10.8 Å². The molecule has 0 atom stereocenters. The van der Waals surface area contributed by atoms with Crippen LogP contribution in [0.25, 0.3) is 66.9 Å². The maximum Gasteiger partial charge on any atom is 0.160 e. The van der Waals surface area contributed by atoms with Crippen molar-refractivity contribution in [2.45, 2.75) is 0 Å². The summed E-state index contributed by atoms with van der Waals surface area (Å²) in [6, 6.07) is 53.9. The fourth-order valence-corrected chi connectivity index (χ4v) is 5.44. The van der Waals surface area contributed by atoms with Crippen molar-refractivity contribution < 1.29 is 0 Å². The standard InChI is InChI=1S/C39H25N3/c40-26-27-18-20-28(21-19-27)33-22-23-34(36-17-8-7-16-35(33)36)31-14-9-15-32(24-31)39-41-37(29-10-3-1-4-11-29)25-38(42-39)30-12-5-2-6-13-30/h1-25H. The molecule has 42 heavy (non-hydrogen) atoms. The Bertz CT molecular complexity index is 2020. The first kappa shape index (κ1) is 25.1. The molecule has 0 spiro atoms. The van der Waals surface area contributed by atoms with Gasteiger partial charge in [0, 0.05) is 16.7 Å². The van der Waals surface area contributed by atoms with Crippen LogP contribution in [0.2, 0.25) is 0 Å². The van der Waals surface area contributed by atoms with E-state index in [-0.39, 0.29) is 0 Å². The summed E-state index contributed by atoms with van der Waals surface area (Å²) >= 11 is 0. The molecule has 0 saturated heterocycles. The smallest absolute Gasteiger partial charge is 0.160 e. The molecule has 3 nitrogen and oxygen atoms in total. The van der Waals surface area contributed by atoms with Gasteiger partial charge in [-0.3, -0.25) is 0 Å². The van der Waals surface area contributed by atoms with E-state index in [0.717, 1.165) is 50.3 Å². The zero-order chi connectivity index (χ0) is 28.3. The summed E-state index contributed by atoms with van der Waals surface area (Å²) in [5, 5.41) is 11.6. The molecule has 0 N–H and O–H groups in total. The summed E-state index contributed by atoms with van der Waals surface area (Å²) in [6.45, 7) is 0. The fourth-order valence-electron chi connectivity index (χ4n) is 5.44. The van der Waals surface area contributed by atoms with Crippen LogP contribution in [-0.4, -0.2) is 9.97 Å². The van der Waals surface area contributed by atoms with Crippen LogP contribution in [0.15, 0.2) is 152 Å². The number of aromatic nitrogens is 2. The second-order valence-corrected chi connectivity index (χ2v) is 10.2. The van der Waals surface area contributed by atoms with Crippen LogP contribution in [0.5, 0.6) is 0 Å². The lowest BCUT2D eigenvalue weighted by Crippen LogP contribution is -1.96. The molecule has 1 heterocycles. The van der Waals surface area contributed by atoms with Gasteiger partial charge in [-0.25, -0.2) is 9.97 Å². The molecular weight excluding hydrogens is 510 g/mol. The molecule has 0 amide bonds. The highest BCUT2D eigenvalue weighted by molar-refractivity contribution is 6.05. The van der Waals surface area contributed by atoms with Crippen LogP contribution in [0, 0.1) is 11.3 Å². The summed E-state index contributed by atoms with van der Waals surface area (Å²) in [6.07, 6.45) is 0. The van der Waals surface area contributed by atoms with Crippen LogP contribution in [0.3, 0.4) is 0 Å². The molecule has 7 aromatic rings. The molecule has 0 aliphatic rings. The van der Waals surface area contributed by atoms with E-state index >= 15 is 0 Å². The minimum Gasteiger partial charge on any atom is -0.228 e. The van der Waals surface area contributed by atoms with Crippen LogP contribution >= 0.6 is 0 Å². The van der Waals surface area contributed by atoms with E-state index in [1.165, 1.54) is 10.8 Å². The van der Waals surface area contributed by atoms with Gasteiger partial charge in [-0.1, -0.05) is 127 Å². The van der Waals surface area contributed by atoms with E-state index in [1.807, 2.05) is 60.7 Å². The molecule has 0 radical (unpaired) electrons. The third kappa shape index (κ3) is 4.83. The molecule has 7 rings (SSSR count). The van der Waals surface area contributed by atoms with Crippen molar-refractivity contribution in [3.8, 4) is 62.2 Å². The van der Waals surface area contributed by atoms with Gasteiger partial charge in [-0.15, -0.1) is 0 Å². The lowest BCUT2D eigenvalue weighted by molar-refractivity contribution is 1.18. The topological polar surface area (TPSA) is 49.6 Å². The fraction of sp³-hybridized carbons (Fsp3) is 0. The van der Waals surface area contributed by atoms with E-state index in [4.69, 9.17) is 9.97 Å². The van der Waals surface area contributed by atoms with Crippen molar-refractivity contribution in [3.05, 3.63) is 157 Å². The quantitative estimate of drug-likeness (QED) is 0.220. The Balaban J connectivity index is 1.36. The van der Waals surface area contributed by atoms with E-state index in [0.29, 0.717) is 11.4 Å². The summed E-state index contributed by atoms with van der Waals surface area (Å²) in [4.78, 5) is 10.1. The highest BCUT2D eigenvalue weighted by Crippen LogP contribution is 2.37. The zero-order valence-corrected chi connectivity index (χ0v) is 22.8. The number of hydrogen-bond donors (Lipinski definition) is 0. The molecule has 0 aliphatic heterocycles. The first-order valence-electron chi connectivity index (χ1n) is 13.9. The van der Waals surface area contributed by atoms with Gasteiger partial charge < -0.3 is 0 Å². The number of nitriles is 1. The monoisotopic (exact) mass is 535 g/mol.